The summed E-state index contributed by atoms with van der Waals surface area (Å²) >= 11 is 0. The molecule has 1 unspecified atom stereocenters. The first-order valence-electron chi connectivity index (χ1n) is 9.48. The van der Waals surface area contributed by atoms with Gasteiger partial charge in [-0.1, -0.05) is 17.3 Å². The Labute approximate surface area is 169 Å². The standard InChI is InChI=1S/C22H25NO6/c1-4-28-21(22(24)25)13-15-5-8-16-17(23-29-19(16)12-15)9-6-14-7-10-18(26-2)20(11-14)27-3/h5,7-8,10-12,21H,4,6,9,13H2,1-3H3,(H,24,25). The third-order valence-corrected chi connectivity index (χ3v) is 4.77. The van der Waals surface area contributed by atoms with Gasteiger partial charge in [0, 0.05) is 18.4 Å². The lowest BCUT2D eigenvalue weighted by molar-refractivity contribution is -0.149. The van der Waals surface area contributed by atoms with Gasteiger partial charge in [-0.05, 0) is 55.2 Å². The lowest BCUT2D eigenvalue weighted by Gasteiger charge is -2.12. The Morgan fingerprint density at radius 2 is 1.83 bits per heavy atom. The molecule has 29 heavy (non-hydrogen) atoms. The third kappa shape index (κ3) is 4.86. The molecular weight excluding hydrogens is 374 g/mol. The quantitative estimate of drug-likeness (QED) is 0.556. The maximum Gasteiger partial charge on any atom is 0.333 e. The zero-order valence-electron chi connectivity index (χ0n) is 16.8. The highest BCUT2D eigenvalue weighted by molar-refractivity contribution is 5.80. The van der Waals surface area contributed by atoms with Crippen LogP contribution in [0, 0.1) is 0 Å². The number of aryl methyl sites for hydroxylation is 2. The Bertz CT molecular complexity index is 981. The van der Waals surface area contributed by atoms with Crippen LogP contribution in [0.4, 0.5) is 0 Å². The lowest BCUT2D eigenvalue weighted by Crippen LogP contribution is -2.26. The van der Waals surface area contributed by atoms with Crippen LogP contribution < -0.4 is 9.47 Å². The van der Waals surface area contributed by atoms with E-state index in [0.717, 1.165) is 28.6 Å². The maximum absolute atomic E-state index is 11.3. The molecule has 1 heterocycles. The van der Waals surface area contributed by atoms with Crippen molar-refractivity contribution in [2.45, 2.75) is 32.3 Å². The molecule has 154 valence electrons. The van der Waals surface area contributed by atoms with Gasteiger partial charge >= 0.3 is 5.97 Å². The van der Waals surface area contributed by atoms with Crippen molar-refractivity contribution < 1.29 is 28.6 Å². The number of aromatic nitrogens is 1. The molecule has 7 heteroatoms. The maximum atomic E-state index is 11.3. The van der Waals surface area contributed by atoms with Gasteiger partial charge in [0.05, 0.1) is 19.9 Å². The molecule has 0 amide bonds. The molecule has 0 spiro atoms. The SMILES string of the molecule is CCOC(Cc1ccc2c(CCc3ccc(OC)c(OC)c3)noc2c1)C(=O)O. The summed E-state index contributed by atoms with van der Waals surface area (Å²) in [6.45, 7) is 2.13. The summed E-state index contributed by atoms with van der Waals surface area (Å²) < 4.78 is 21.4. The summed E-state index contributed by atoms with van der Waals surface area (Å²) in [5.74, 6) is 0.421. The first-order valence-corrected chi connectivity index (χ1v) is 9.48. The highest BCUT2D eigenvalue weighted by Gasteiger charge is 2.19. The molecule has 0 aliphatic heterocycles. The largest absolute Gasteiger partial charge is 0.493 e. The molecule has 0 saturated heterocycles. The van der Waals surface area contributed by atoms with Gasteiger partial charge in [-0.25, -0.2) is 4.79 Å². The number of ether oxygens (including phenoxy) is 3. The average molecular weight is 399 g/mol. The summed E-state index contributed by atoms with van der Waals surface area (Å²) in [7, 11) is 3.23. The molecule has 0 radical (unpaired) electrons. The van der Waals surface area contributed by atoms with Gasteiger partial charge in [0.1, 0.15) is 0 Å². The van der Waals surface area contributed by atoms with E-state index in [1.807, 2.05) is 36.4 Å². The van der Waals surface area contributed by atoms with Gasteiger partial charge in [-0.2, -0.15) is 0 Å². The van der Waals surface area contributed by atoms with Crippen LogP contribution in [0.3, 0.4) is 0 Å². The number of aliphatic carboxylic acids is 1. The number of methoxy groups -OCH3 is 2. The van der Waals surface area contributed by atoms with E-state index >= 15 is 0 Å². The molecule has 0 saturated carbocycles. The molecule has 0 bridgehead atoms. The van der Waals surface area contributed by atoms with Crippen molar-refractivity contribution in [3.63, 3.8) is 0 Å². The van der Waals surface area contributed by atoms with Gasteiger partial charge < -0.3 is 23.8 Å². The van der Waals surface area contributed by atoms with E-state index in [1.165, 1.54) is 0 Å². The second kappa shape index (κ2) is 9.43. The Morgan fingerprint density at radius 1 is 1.07 bits per heavy atom. The monoisotopic (exact) mass is 399 g/mol. The first-order chi connectivity index (χ1) is 14.0. The molecule has 1 N–H and O–H groups in total. The number of rotatable bonds is 10. The van der Waals surface area contributed by atoms with Crippen LogP contribution in [0.25, 0.3) is 11.0 Å². The van der Waals surface area contributed by atoms with Gasteiger partial charge in [-0.15, -0.1) is 0 Å². The minimum atomic E-state index is -0.972. The van der Waals surface area contributed by atoms with E-state index in [2.05, 4.69) is 5.16 Å². The molecule has 2 aromatic carbocycles. The Morgan fingerprint density at radius 3 is 2.52 bits per heavy atom. The fourth-order valence-corrected chi connectivity index (χ4v) is 3.27. The van der Waals surface area contributed by atoms with Crippen molar-refractivity contribution in [3.05, 3.63) is 53.2 Å². The van der Waals surface area contributed by atoms with Crippen molar-refractivity contribution in [2.24, 2.45) is 0 Å². The van der Waals surface area contributed by atoms with E-state index in [4.69, 9.17) is 18.7 Å². The lowest BCUT2D eigenvalue weighted by atomic mass is 10.0. The molecule has 7 nitrogen and oxygen atoms in total. The van der Waals surface area contributed by atoms with Crippen molar-refractivity contribution >= 4 is 16.9 Å². The van der Waals surface area contributed by atoms with Crippen molar-refractivity contribution in [1.82, 2.24) is 5.16 Å². The summed E-state index contributed by atoms with van der Waals surface area (Å²) in [6, 6.07) is 11.5. The van der Waals surface area contributed by atoms with Crippen molar-refractivity contribution in [2.75, 3.05) is 20.8 Å². The zero-order valence-corrected chi connectivity index (χ0v) is 16.8. The van der Waals surface area contributed by atoms with Crippen LogP contribution in [-0.4, -0.2) is 43.2 Å². The molecule has 0 aliphatic carbocycles. The van der Waals surface area contributed by atoms with Crippen LogP contribution in [0.15, 0.2) is 40.9 Å². The summed E-state index contributed by atoms with van der Waals surface area (Å²) in [5.41, 5.74) is 3.45. The molecule has 0 aliphatic rings. The fourth-order valence-electron chi connectivity index (χ4n) is 3.27. The number of carboxylic acid groups (broad SMARTS) is 1. The normalized spacial score (nSPS) is 12.1. The van der Waals surface area contributed by atoms with Crippen LogP contribution >= 0.6 is 0 Å². The third-order valence-electron chi connectivity index (χ3n) is 4.77. The van der Waals surface area contributed by atoms with Gasteiger partial charge in [0.2, 0.25) is 0 Å². The van der Waals surface area contributed by atoms with Crippen molar-refractivity contribution in [1.29, 1.82) is 0 Å². The number of hydrogen-bond donors (Lipinski definition) is 1. The highest BCUT2D eigenvalue weighted by atomic mass is 16.5. The number of fused-ring (bicyclic) bond motifs is 1. The number of carboxylic acids is 1. The van der Waals surface area contributed by atoms with Crippen LogP contribution in [0.2, 0.25) is 0 Å². The second-order valence-corrected chi connectivity index (χ2v) is 6.64. The smallest absolute Gasteiger partial charge is 0.333 e. The summed E-state index contributed by atoms with van der Waals surface area (Å²) in [4.78, 5) is 11.3. The van der Waals surface area contributed by atoms with Gasteiger partial charge in [0.25, 0.3) is 0 Å². The van der Waals surface area contributed by atoms with E-state index < -0.39 is 12.1 Å². The summed E-state index contributed by atoms with van der Waals surface area (Å²) in [6.07, 6.45) is 0.888. The molecule has 3 aromatic rings. The van der Waals surface area contributed by atoms with Gasteiger partial charge in [-0.3, -0.25) is 0 Å². The number of carbonyl (C=O) groups is 1. The molecule has 0 fully saturated rings. The Kier molecular flexibility index (Phi) is 6.72. The van der Waals surface area contributed by atoms with E-state index in [9.17, 15) is 9.90 Å². The van der Waals surface area contributed by atoms with Crippen LogP contribution in [0.5, 0.6) is 11.5 Å². The molecular formula is C22H25NO6. The van der Waals surface area contributed by atoms with Crippen molar-refractivity contribution in [3.8, 4) is 11.5 Å². The Hall–Kier alpha value is -3.06. The van der Waals surface area contributed by atoms with E-state index in [-0.39, 0.29) is 6.42 Å². The van der Waals surface area contributed by atoms with E-state index in [0.29, 0.717) is 30.1 Å². The van der Waals surface area contributed by atoms with Crippen LogP contribution in [-0.2, 0) is 28.8 Å². The minimum absolute atomic E-state index is 0.279. The first kappa shape index (κ1) is 20.7. The molecule has 1 aromatic heterocycles. The number of hydrogen-bond acceptors (Lipinski definition) is 6. The topological polar surface area (TPSA) is 91.0 Å². The zero-order chi connectivity index (χ0) is 20.8. The van der Waals surface area contributed by atoms with Crippen LogP contribution in [0.1, 0.15) is 23.7 Å². The second-order valence-electron chi connectivity index (χ2n) is 6.64. The predicted octanol–water partition coefficient (Wildman–Crippen LogP) is 3.66. The average Bonchev–Trinajstić information content (AvgIpc) is 3.13. The number of benzene rings is 2. The molecule has 1 atom stereocenters. The Balaban J connectivity index is 1.72. The molecule has 3 rings (SSSR count). The fraction of sp³-hybridized carbons (Fsp3) is 0.364. The number of nitrogens with zero attached hydrogens (tertiary/aromatic N) is 1. The van der Waals surface area contributed by atoms with Gasteiger partial charge in [0.15, 0.2) is 23.2 Å². The van der Waals surface area contributed by atoms with E-state index in [1.54, 1.807) is 21.1 Å². The minimum Gasteiger partial charge on any atom is -0.493 e. The summed E-state index contributed by atoms with van der Waals surface area (Å²) in [5, 5.41) is 14.4. The highest BCUT2D eigenvalue weighted by Crippen LogP contribution is 2.28. The predicted molar refractivity (Wildman–Crippen MR) is 108 cm³/mol.